The molecule has 0 spiro atoms. The summed E-state index contributed by atoms with van der Waals surface area (Å²) in [6, 6.07) is 0. The summed E-state index contributed by atoms with van der Waals surface area (Å²) in [5.74, 6) is 2.10. The smallest absolute Gasteiger partial charge is 0.138 e. The van der Waals surface area contributed by atoms with E-state index >= 15 is 0 Å². The zero-order chi connectivity index (χ0) is 13.7. The van der Waals surface area contributed by atoms with E-state index in [1.165, 1.54) is 44.9 Å². The molecule has 108 valence electrons. The molecule has 1 fully saturated rings. The Kier molecular flexibility index (Phi) is 5.43. The molecule has 0 radical (unpaired) electrons. The number of hydrogen-bond donors (Lipinski definition) is 0. The fourth-order valence-electron chi connectivity index (χ4n) is 3.24. The molecule has 1 saturated carbocycles. The third kappa shape index (κ3) is 3.80. The number of rotatable bonds is 6. The first kappa shape index (κ1) is 15.0. The molecule has 4 heteroatoms. The normalized spacial score (nSPS) is 27.6. The van der Waals surface area contributed by atoms with Crippen LogP contribution in [0.3, 0.4) is 0 Å². The van der Waals surface area contributed by atoms with Gasteiger partial charge in [-0.1, -0.05) is 42.1 Å². The Balaban J connectivity index is 1.92. The minimum atomic E-state index is 0.406. The van der Waals surface area contributed by atoms with Crippen molar-refractivity contribution in [3.63, 3.8) is 0 Å². The van der Waals surface area contributed by atoms with E-state index in [4.69, 9.17) is 0 Å². The monoisotopic (exact) mass is 327 g/mol. The van der Waals surface area contributed by atoms with Gasteiger partial charge < -0.3 is 0 Å². The van der Waals surface area contributed by atoms with Gasteiger partial charge in [-0.15, -0.1) is 0 Å². The molecule has 1 aliphatic carbocycles. The molecule has 1 aromatic heterocycles. The molecule has 2 rings (SSSR count). The quantitative estimate of drug-likeness (QED) is 0.736. The molecule has 1 heterocycles. The van der Waals surface area contributed by atoms with Crippen LogP contribution in [0.2, 0.25) is 0 Å². The number of aromatic nitrogens is 3. The largest absolute Gasteiger partial charge is 0.253 e. The number of aryl methyl sites for hydroxylation is 1. The Morgan fingerprint density at radius 3 is 2.68 bits per heavy atom. The molecule has 0 aromatic carbocycles. The first-order valence-electron chi connectivity index (χ1n) is 7.58. The average Bonchev–Trinajstić information content (AvgIpc) is 2.83. The highest BCUT2D eigenvalue weighted by Crippen LogP contribution is 2.43. The van der Waals surface area contributed by atoms with Crippen LogP contribution < -0.4 is 0 Å². The summed E-state index contributed by atoms with van der Waals surface area (Å²) in [5, 5.41) is 5.28. The summed E-state index contributed by atoms with van der Waals surface area (Å²) < 4.78 is 1.92. The third-order valence-corrected chi connectivity index (χ3v) is 5.94. The Morgan fingerprint density at radius 1 is 1.42 bits per heavy atom. The lowest BCUT2D eigenvalue weighted by molar-refractivity contribution is 0.164. The van der Waals surface area contributed by atoms with E-state index < -0.39 is 0 Å². The minimum Gasteiger partial charge on any atom is -0.253 e. The third-order valence-electron chi connectivity index (χ3n) is 4.75. The molecule has 0 amide bonds. The number of unbranched alkanes of at least 4 members (excludes halogenated alkanes) is 1. The predicted octanol–water partition coefficient (Wildman–Crippen LogP) is 4.12. The van der Waals surface area contributed by atoms with Gasteiger partial charge >= 0.3 is 0 Å². The van der Waals surface area contributed by atoms with Crippen molar-refractivity contribution in [3.05, 3.63) is 12.2 Å². The van der Waals surface area contributed by atoms with Crippen molar-refractivity contribution >= 4 is 15.9 Å². The van der Waals surface area contributed by atoms with E-state index in [0.717, 1.165) is 23.5 Å². The maximum atomic E-state index is 4.40. The van der Waals surface area contributed by atoms with Crippen molar-refractivity contribution in [3.8, 4) is 0 Å². The van der Waals surface area contributed by atoms with Gasteiger partial charge in [0.15, 0.2) is 0 Å². The van der Waals surface area contributed by atoms with Crippen molar-refractivity contribution in [2.75, 3.05) is 5.33 Å². The fourth-order valence-corrected chi connectivity index (χ4v) is 4.00. The molecule has 3 nitrogen and oxygen atoms in total. The maximum absolute atomic E-state index is 4.40. The summed E-state index contributed by atoms with van der Waals surface area (Å²) in [5.41, 5.74) is 0.406. The van der Waals surface area contributed by atoms with Crippen LogP contribution in [0, 0.1) is 11.3 Å². The second kappa shape index (κ2) is 6.87. The Morgan fingerprint density at radius 2 is 2.16 bits per heavy atom. The highest BCUT2D eigenvalue weighted by Gasteiger charge is 2.35. The molecule has 0 N–H and O–H groups in total. The van der Waals surface area contributed by atoms with Gasteiger partial charge in [0.2, 0.25) is 0 Å². The van der Waals surface area contributed by atoms with Crippen LogP contribution in [-0.4, -0.2) is 20.1 Å². The Bertz CT molecular complexity index is 380. The van der Waals surface area contributed by atoms with E-state index in [1.54, 1.807) is 6.33 Å². The summed E-state index contributed by atoms with van der Waals surface area (Å²) >= 11 is 3.75. The minimum absolute atomic E-state index is 0.406. The van der Waals surface area contributed by atoms with Crippen LogP contribution in [-0.2, 0) is 13.5 Å². The van der Waals surface area contributed by atoms with E-state index in [0.29, 0.717) is 5.41 Å². The summed E-state index contributed by atoms with van der Waals surface area (Å²) in [7, 11) is 2.00. The Hall–Kier alpha value is -0.380. The van der Waals surface area contributed by atoms with Gasteiger partial charge in [0.25, 0.3) is 0 Å². The number of hydrogen-bond acceptors (Lipinski definition) is 2. The first-order chi connectivity index (χ1) is 9.19. The lowest BCUT2D eigenvalue weighted by atomic mass is 9.69. The molecule has 1 aromatic rings. The van der Waals surface area contributed by atoms with Crippen molar-refractivity contribution in [1.82, 2.24) is 14.8 Å². The average molecular weight is 328 g/mol. The molecule has 0 aliphatic heterocycles. The van der Waals surface area contributed by atoms with Crippen molar-refractivity contribution in [2.24, 2.45) is 18.4 Å². The standard InChI is InChI=1S/C15H26BrN3/c1-3-4-5-13-6-8-15(11-16,9-7-13)10-14-17-12-18-19(14)2/h12-13H,3-11H2,1-2H3. The van der Waals surface area contributed by atoms with Gasteiger partial charge in [0, 0.05) is 18.8 Å². The molecule has 19 heavy (non-hydrogen) atoms. The second-order valence-electron chi connectivity index (χ2n) is 6.20. The fraction of sp³-hybridized carbons (Fsp3) is 0.867. The number of nitrogens with zero attached hydrogens (tertiary/aromatic N) is 3. The molecule has 0 unspecified atom stereocenters. The van der Waals surface area contributed by atoms with E-state index in [-0.39, 0.29) is 0 Å². The molecule has 0 atom stereocenters. The van der Waals surface area contributed by atoms with E-state index in [1.807, 2.05) is 11.7 Å². The zero-order valence-electron chi connectivity index (χ0n) is 12.2. The molecule has 1 aliphatic rings. The SMILES string of the molecule is CCCCC1CCC(CBr)(Cc2ncnn2C)CC1. The Labute approximate surface area is 125 Å². The van der Waals surface area contributed by atoms with E-state index in [9.17, 15) is 0 Å². The summed E-state index contributed by atoms with van der Waals surface area (Å²) in [4.78, 5) is 4.40. The molecular weight excluding hydrogens is 302 g/mol. The van der Waals surface area contributed by atoms with Gasteiger partial charge in [-0.25, -0.2) is 4.98 Å². The van der Waals surface area contributed by atoms with Crippen LogP contribution in [0.1, 0.15) is 57.7 Å². The second-order valence-corrected chi connectivity index (χ2v) is 6.76. The van der Waals surface area contributed by atoms with Gasteiger partial charge in [0.05, 0.1) is 0 Å². The molecular formula is C15H26BrN3. The summed E-state index contributed by atoms with van der Waals surface area (Å²) in [6.45, 7) is 2.29. The van der Waals surface area contributed by atoms with Crippen molar-refractivity contribution in [1.29, 1.82) is 0 Å². The molecule has 0 saturated heterocycles. The van der Waals surface area contributed by atoms with Crippen LogP contribution in [0.15, 0.2) is 6.33 Å². The maximum Gasteiger partial charge on any atom is 0.138 e. The lowest BCUT2D eigenvalue weighted by Gasteiger charge is -2.39. The van der Waals surface area contributed by atoms with Crippen LogP contribution >= 0.6 is 15.9 Å². The lowest BCUT2D eigenvalue weighted by Crippen LogP contribution is -2.32. The van der Waals surface area contributed by atoms with Gasteiger partial charge in [-0.05, 0) is 37.0 Å². The highest BCUT2D eigenvalue weighted by atomic mass is 79.9. The van der Waals surface area contributed by atoms with Crippen LogP contribution in [0.4, 0.5) is 0 Å². The van der Waals surface area contributed by atoms with Crippen LogP contribution in [0.5, 0.6) is 0 Å². The van der Waals surface area contributed by atoms with Gasteiger partial charge in [-0.2, -0.15) is 5.10 Å². The molecule has 0 bridgehead atoms. The van der Waals surface area contributed by atoms with Gasteiger partial charge in [0.1, 0.15) is 12.2 Å². The number of halogens is 1. The topological polar surface area (TPSA) is 30.7 Å². The van der Waals surface area contributed by atoms with Gasteiger partial charge in [-0.3, -0.25) is 4.68 Å². The van der Waals surface area contributed by atoms with Crippen LogP contribution in [0.25, 0.3) is 0 Å². The van der Waals surface area contributed by atoms with Crippen molar-refractivity contribution in [2.45, 2.75) is 58.3 Å². The highest BCUT2D eigenvalue weighted by molar-refractivity contribution is 9.09. The van der Waals surface area contributed by atoms with Crippen molar-refractivity contribution < 1.29 is 0 Å². The predicted molar refractivity (Wildman–Crippen MR) is 82.4 cm³/mol. The summed E-state index contributed by atoms with van der Waals surface area (Å²) in [6.07, 6.45) is 12.3. The van der Waals surface area contributed by atoms with E-state index in [2.05, 4.69) is 32.9 Å². The zero-order valence-corrected chi connectivity index (χ0v) is 13.8. The first-order valence-corrected chi connectivity index (χ1v) is 8.70. The number of alkyl halides is 1.